The van der Waals surface area contributed by atoms with Gasteiger partial charge in [-0.1, -0.05) is 44.0 Å². The Morgan fingerprint density at radius 2 is 1.67 bits per heavy atom. The minimum absolute atomic E-state index is 0.0666. The molecular weight excluding hydrogens is 314 g/mol. The van der Waals surface area contributed by atoms with Crippen LogP contribution < -0.4 is 11.1 Å². The Balaban J connectivity index is 2.38. The summed E-state index contributed by atoms with van der Waals surface area (Å²) in [5.41, 5.74) is 6.06. The maximum atomic E-state index is 13.4. The molecule has 112 valence electrons. The van der Waals surface area contributed by atoms with E-state index in [9.17, 15) is 4.39 Å². The molecule has 1 aromatic heterocycles. The Hall–Kier alpha value is -1.59. The second-order valence-corrected chi connectivity index (χ2v) is 6.44. The lowest BCUT2D eigenvalue weighted by Gasteiger charge is -2.18. The lowest BCUT2D eigenvalue weighted by Crippen LogP contribution is -2.17. The highest BCUT2D eigenvalue weighted by Gasteiger charge is 2.19. The van der Waals surface area contributed by atoms with Crippen molar-refractivity contribution in [2.24, 2.45) is 0 Å². The number of halogens is 3. The van der Waals surface area contributed by atoms with Crippen LogP contribution in [0, 0.1) is 5.82 Å². The number of nitrogen functional groups attached to an aromatic ring is 1. The monoisotopic (exact) mass is 328 g/mol. The molecule has 3 N–H and O–H groups in total. The number of nitrogens with one attached hydrogen (secondary N) is 1. The predicted octanol–water partition coefficient (Wildman–Crippen LogP) is 4.55. The van der Waals surface area contributed by atoms with Crippen LogP contribution in [0.5, 0.6) is 0 Å². The lowest BCUT2D eigenvalue weighted by molar-refractivity contribution is 0.547. The third-order valence-corrected chi connectivity index (χ3v) is 3.22. The first-order valence-electron chi connectivity index (χ1n) is 6.23. The topological polar surface area (TPSA) is 63.8 Å². The number of aromatic nitrogens is 2. The van der Waals surface area contributed by atoms with E-state index in [0.717, 1.165) is 0 Å². The van der Waals surface area contributed by atoms with Gasteiger partial charge in [0.1, 0.15) is 17.5 Å². The minimum Gasteiger partial charge on any atom is -0.384 e. The summed E-state index contributed by atoms with van der Waals surface area (Å²) >= 11 is 11.5. The van der Waals surface area contributed by atoms with E-state index < -0.39 is 5.82 Å². The molecule has 0 amide bonds. The van der Waals surface area contributed by atoms with Gasteiger partial charge in [0.2, 0.25) is 0 Å². The van der Waals surface area contributed by atoms with Gasteiger partial charge in [-0.15, -0.1) is 0 Å². The largest absolute Gasteiger partial charge is 0.384 e. The molecule has 0 aliphatic heterocycles. The van der Waals surface area contributed by atoms with Crippen LogP contribution in [0.2, 0.25) is 10.0 Å². The van der Waals surface area contributed by atoms with Crippen molar-refractivity contribution in [2.45, 2.75) is 26.2 Å². The van der Waals surface area contributed by atoms with Crippen LogP contribution in [-0.2, 0) is 5.41 Å². The van der Waals surface area contributed by atoms with Crippen molar-refractivity contribution >= 4 is 40.5 Å². The summed E-state index contributed by atoms with van der Waals surface area (Å²) in [6.07, 6.45) is 0. The van der Waals surface area contributed by atoms with Gasteiger partial charge in [0.25, 0.3) is 0 Å². The van der Waals surface area contributed by atoms with Gasteiger partial charge in [-0.05, 0) is 12.1 Å². The summed E-state index contributed by atoms with van der Waals surface area (Å²) in [6.45, 7) is 5.95. The Kier molecular flexibility index (Phi) is 4.25. The summed E-state index contributed by atoms with van der Waals surface area (Å²) in [5.74, 6) is 0.786. The highest BCUT2D eigenvalue weighted by Crippen LogP contribution is 2.29. The maximum absolute atomic E-state index is 13.4. The Labute approximate surface area is 132 Å². The third kappa shape index (κ3) is 3.74. The van der Waals surface area contributed by atoms with Crippen LogP contribution in [0.15, 0.2) is 18.2 Å². The number of nitrogens with zero attached hydrogens (tertiary/aromatic N) is 2. The van der Waals surface area contributed by atoms with Crippen LogP contribution in [0.25, 0.3) is 0 Å². The molecule has 0 unspecified atom stereocenters. The third-order valence-electron chi connectivity index (χ3n) is 2.67. The van der Waals surface area contributed by atoms with E-state index in [1.54, 1.807) is 6.07 Å². The average molecular weight is 329 g/mol. The van der Waals surface area contributed by atoms with Crippen LogP contribution in [0.1, 0.15) is 26.6 Å². The van der Waals surface area contributed by atoms with Gasteiger partial charge in [0, 0.05) is 17.2 Å². The standard InChI is InChI=1S/C14H15Cl2FN4/c1-14(2,3)13-20-10(18)6-11(21-13)19-7-4-8(15)12(17)9(16)5-7/h4-6H,1-3H3,(H3,18,19,20,21). The smallest absolute Gasteiger partial charge is 0.160 e. The van der Waals surface area contributed by atoms with E-state index in [0.29, 0.717) is 23.1 Å². The van der Waals surface area contributed by atoms with E-state index in [-0.39, 0.29) is 15.5 Å². The first-order chi connectivity index (χ1) is 9.66. The zero-order valence-electron chi connectivity index (χ0n) is 11.8. The van der Waals surface area contributed by atoms with Gasteiger partial charge in [-0.25, -0.2) is 14.4 Å². The Morgan fingerprint density at radius 3 is 2.19 bits per heavy atom. The second-order valence-electron chi connectivity index (χ2n) is 5.63. The Bertz CT molecular complexity index is 660. The molecule has 1 aromatic carbocycles. The number of hydrogen-bond acceptors (Lipinski definition) is 4. The van der Waals surface area contributed by atoms with E-state index >= 15 is 0 Å². The fraction of sp³-hybridized carbons (Fsp3) is 0.286. The summed E-state index contributed by atoms with van der Waals surface area (Å²) < 4.78 is 13.4. The van der Waals surface area contributed by atoms with Gasteiger partial charge in [-0.2, -0.15) is 0 Å². The lowest BCUT2D eigenvalue weighted by atomic mass is 9.96. The van der Waals surface area contributed by atoms with Crippen molar-refractivity contribution in [3.63, 3.8) is 0 Å². The van der Waals surface area contributed by atoms with Crippen LogP contribution in [0.3, 0.4) is 0 Å². The minimum atomic E-state index is -0.651. The molecule has 0 radical (unpaired) electrons. The molecule has 0 saturated heterocycles. The van der Waals surface area contributed by atoms with Crippen molar-refractivity contribution in [1.29, 1.82) is 0 Å². The molecule has 0 saturated carbocycles. The average Bonchev–Trinajstić information content (AvgIpc) is 2.34. The predicted molar refractivity (Wildman–Crippen MR) is 84.8 cm³/mol. The first kappa shape index (κ1) is 15.8. The molecule has 0 aliphatic rings. The van der Waals surface area contributed by atoms with Crippen LogP contribution >= 0.6 is 23.2 Å². The molecule has 0 fully saturated rings. The zero-order chi connectivity index (χ0) is 15.8. The van der Waals surface area contributed by atoms with E-state index in [2.05, 4.69) is 15.3 Å². The van der Waals surface area contributed by atoms with Crippen LogP contribution in [-0.4, -0.2) is 9.97 Å². The van der Waals surface area contributed by atoms with Gasteiger partial charge in [0.15, 0.2) is 5.82 Å². The first-order valence-corrected chi connectivity index (χ1v) is 6.99. The quantitative estimate of drug-likeness (QED) is 0.794. The number of anilines is 3. The van der Waals surface area contributed by atoms with Crippen molar-refractivity contribution in [3.8, 4) is 0 Å². The normalized spacial score (nSPS) is 11.5. The van der Waals surface area contributed by atoms with Gasteiger partial charge < -0.3 is 11.1 Å². The number of rotatable bonds is 2. The van der Waals surface area contributed by atoms with E-state index in [1.165, 1.54) is 12.1 Å². The maximum Gasteiger partial charge on any atom is 0.160 e. The van der Waals surface area contributed by atoms with Crippen molar-refractivity contribution in [2.75, 3.05) is 11.1 Å². The van der Waals surface area contributed by atoms with Crippen molar-refractivity contribution in [1.82, 2.24) is 9.97 Å². The SMILES string of the molecule is CC(C)(C)c1nc(N)cc(Nc2cc(Cl)c(F)c(Cl)c2)n1. The molecule has 0 bridgehead atoms. The number of benzene rings is 1. The molecule has 4 nitrogen and oxygen atoms in total. The van der Waals surface area contributed by atoms with Gasteiger partial charge >= 0.3 is 0 Å². The number of nitrogens with two attached hydrogens (primary N) is 1. The summed E-state index contributed by atoms with van der Waals surface area (Å²) in [7, 11) is 0. The summed E-state index contributed by atoms with van der Waals surface area (Å²) in [4.78, 5) is 8.61. The highest BCUT2D eigenvalue weighted by molar-refractivity contribution is 6.35. The van der Waals surface area contributed by atoms with Crippen molar-refractivity contribution < 1.29 is 4.39 Å². The zero-order valence-corrected chi connectivity index (χ0v) is 13.3. The van der Waals surface area contributed by atoms with Gasteiger partial charge in [-0.3, -0.25) is 0 Å². The van der Waals surface area contributed by atoms with Crippen molar-refractivity contribution in [3.05, 3.63) is 39.9 Å². The molecule has 7 heteroatoms. The van der Waals surface area contributed by atoms with E-state index in [1.807, 2.05) is 20.8 Å². The molecule has 0 atom stereocenters. The molecule has 0 aliphatic carbocycles. The second kappa shape index (κ2) is 5.66. The van der Waals surface area contributed by atoms with E-state index in [4.69, 9.17) is 28.9 Å². The number of hydrogen-bond donors (Lipinski definition) is 2. The highest BCUT2D eigenvalue weighted by atomic mass is 35.5. The van der Waals surface area contributed by atoms with Crippen LogP contribution in [0.4, 0.5) is 21.7 Å². The molecular formula is C14H15Cl2FN4. The Morgan fingerprint density at radius 1 is 1.10 bits per heavy atom. The fourth-order valence-electron chi connectivity index (χ4n) is 1.64. The molecule has 0 spiro atoms. The summed E-state index contributed by atoms with van der Waals surface area (Å²) in [6, 6.07) is 4.44. The summed E-state index contributed by atoms with van der Waals surface area (Å²) in [5, 5.41) is 2.87. The molecule has 21 heavy (non-hydrogen) atoms. The molecule has 2 aromatic rings. The van der Waals surface area contributed by atoms with Gasteiger partial charge in [0.05, 0.1) is 10.0 Å². The fourth-order valence-corrected chi connectivity index (χ4v) is 2.13. The molecule has 2 rings (SSSR count). The molecule has 1 heterocycles.